The molecule has 6 N–H and O–H groups in total. The van der Waals surface area contributed by atoms with Crippen LogP contribution in [0.25, 0.3) is 0 Å². The first-order valence-corrected chi connectivity index (χ1v) is 3.84. The number of guanidine groups is 1. The fraction of sp³-hybridized carbons (Fsp3) is 0. The van der Waals surface area contributed by atoms with E-state index in [0.29, 0.717) is 5.69 Å². The second kappa shape index (κ2) is 8.78. The first-order chi connectivity index (χ1) is 6.72. The van der Waals surface area contributed by atoms with Crippen molar-refractivity contribution in [2.24, 2.45) is 15.9 Å². The van der Waals surface area contributed by atoms with Gasteiger partial charge in [0.1, 0.15) is 0 Å². The number of rotatable bonds is 2. The Balaban J connectivity index is 0. The van der Waals surface area contributed by atoms with E-state index in [4.69, 9.17) is 16.7 Å². The Bertz CT molecular complexity index is 369. The Morgan fingerprint density at radius 3 is 2.62 bits per heavy atom. The predicted molar refractivity (Wildman–Crippen MR) is 69.5 cm³/mol. The zero-order valence-corrected chi connectivity index (χ0v) is 9.83. The van der Waals surface area contributed by atoms with Gasteiger partial charge in [-0.3, -0.25) is 5.21 Å². The maximum Gasteiger partial charge on any atom is 0.237 e. The number of nitrogens with zero attached hydrogens (tertiary/aromatic N) is 2. The molecule has 0 aliphatic carbocycles. The van der Waals surface area contributed by atoms with Gasteiger partial charge < -0.3 is 11.5 Å². The van der Waals surface area contributed by atoms with Crippen molar-refractivity contribution in [1.29, 1.82) is 0 Å². The molecule has 0 atom stereocenters. The third kappa shape index (κ3) is 6.07. The summed E-state index contributed by atoms with van der Waals surface area (Å²) in [5.41, 5.74) is 13.8. The van der Waals surface area contributed by atoms with Crippen molar-refractivity contribution in [1.82, 2.24) is 5.48 Å². The fourth-order valence-corrected chi connectivity index (χ4v) is 0.819. The molecular formula is C8H13Cl2N5O. The lowest BCUT2D eigenvalue weighted by Gasteiger charge is -1.94. The van der Waals surface area contributed by atoms with Gasteiger partial charge in [0.2, 0.25) is 5.96 Å². The molecule has 1 aromatic carbocycles. The van der Waals surface area contributed by atoms with E-state index in [-0.39, 0.29) is 30.8 Å². The number of hydrogen-bond donors (Lipinski definition) is 4. The molecule has 0 spiro atoms. The van der Waals surface area contributed by atoms with Crippen molar-refractivity contribution in [3.8, 4) is 0 Å². The highest BCUT2D eigenvalue weighted by Crippen LogP contribution is 2.03. The van der Waals surface area contributed by atoms with Crippen molar-refractivity contribution in [3.05, 3.63) is 29.8 Å². The van der Waals surface area contributed by atoms with Gasteiger partial charge >= 0.3 is 0 Å². The molecular weight excluding hydrogens is 253 g/mol. The van der Waals surface area contributed by atoms with Crippen molar-refractivity contribution in [3.63, 3.8) is 0 Å². The summed E-state index contributed by atoms with van der Waals surface area (Å²) in [5.74, 6) is -0.176. The van der Waals surface area contributed by atoms with Crippen LogP contribution in [-0.4, -0.2) is 17.4 Å². The van der Waals surface area contributed by atoms with Crippen LogP contribution in [0.5, 0.6) is 0 Å². The zero-order valence-electron chi connectivity index (χ0n) is 8.20. The van der Waals surface area contributed by atoms with E-state index in [1.165, 1.54) is 6.21 Å². The smallest absolute Gasteiger partial charge is 0.237 e. The number of hydrogen-bond acceptors (Lipinski definition) is 4. The molecule has 0 bridgehead atoms. The van der Waals surface area contributed by atoms with Crippen LogP contribution in [0.3, 0.4) is 0 Å². The van der Waals surface area contributed by atoms with Crippen LogP contribution in [0.4, 0.5) is 5.69 Å². The van der Waals surface area contributed by atoms with Gasteiger partial charge in [-0.1, -0.05) is 12.1 Å². The molecule has 0 saturated carbocycles. The molecule has 0 heterocycles. The minimum absolute atomic E-state index is 0. The van der Waals surface area contributed by atoms with E-state index >= 15 is 0 Å². The zero-order chi connectivity index (χ0) is 10.4. The molecule has 16 heavy (non-hydrogen) atoms. The van der Waals surface area contributed by atoms with Crippen LogP contribution >= 0.6 is 24.8 Å². The van der Waals surface area contributed by atoms with Gasteiger partial charge in [0.15, 0.2) is 0 Å². The highest BCUT2D eigenvalue weighted by molar-refractivity contribution is 5.85. The van der Waals surface area contributed by atoms with E-state index in [9.17, 15) is 0 Å². The first kappa shape index (κ1) is 16.9. The van der Waals surface area contributed by atoms with E-state index in [1.807, 2.05) is 6.07 Å². The van der Waals surface area contributed by atoms with Crippen LogP contribution in [0.15, 0.2) is 34.5 Å². The van der Waals surface area contributed by atoms with Crippen molar-refractivity contribution in [2.45, 2.75) is 0 Å². The Hall–Kier alpha value is -1.50. The van der Waals surface area contributed by atoms with Gasteiger partial charge in [-0.05, 0) is 17.7 Å². The molecule has 0 aliphatic rings. The number of benzene rings is 1. The summed E-state index contributed by atoms with van der Waals surface area (Å²) >= 11 is 0. The fourth-order valence-electron chi connectivity index (χ4n) is 0.819. The topological polar surface area (TPSA) is 109 Å². The summed E-state index contributed by atoms with van der Waals surface area (Å²) in [5, 5.41) is 15.3. The normalized spacial score (nSPS) is 10.4. The molecule has 0 radical (unpaired) electrons. The third-order valence-corrected chi connectivity index (χ3v) is 1.40. The lowest BCUT2D eigenvalue weighted by Crippen LogP contribution is -2.27. The molecule has 0 aromatic heterocycles. The Morgan fingerprint density at radius 2 is 2.06 bits per heavy atom. The number of nitrogen functional groups attached to an aromatic ring is 1. The molecule has 6 nitrogen and oxygen atoms in total. The summed E-state index contributed by atoms with van der Waals surface area (Å²) in [6.07, 6.45) is 1.47. The summed E-state index contributed by atoms with van der Waals surface area (Å²) in [6.45, 7) is 0. The van der Waals surface area contributed by atoms with Gasteiger partial charge in [-0.2, -0.15) is 5.10 Å². The minimum atomic E-state index is -0.176. The van der Waals surface area contributed by atoms with Gasteiger partial charge in [-0.15, -0.1) is 29.9 Å². The van der Waals surface area contributed by atoms with Crippen molar-refractivity contribution < 1.29 is 5.21 Å². The van der Waals surface area contributed by atoms with Gasteiger partial charge in [0.05, 0.1) is 6.21 Å². The number of anilines is 1. The maximum atomic E-state index is 8.28. The number of nitrogens with one attached hydrogen (secondary N) is 1. The lowest BCUT2D eigenvalue weighted by atomic mass is 10.2. The van der Waals surface area contributed by atoms with Crippen LogP contribution in [0.2, 0.25) is 0 Å². The Morgan fingerprint density at radius 1 is 1.38 bits per heavy atom. The Kier molecular flexibility index (Phi) is 9.28. The molecule has 8 heteroatoms. The van der Waals surface area contributed by atoms with Gasteiger partial charge in [-0.25, -0.2) is 5.48 Å². The number of nitrogens with two attached hydrogens (primary N) is 2. The van der Waals surface area contributed by atoms with Crippen molar-refractivity contribution >= 4 is 42.7 Å². The SMILES string of the molecule is Cl.Cl.NC(=NN=Cc1cccc(N)c1)NO. The second-order valence-corrected chi connectivity index (χ2v) is 2.51. The van der Waals surface area contributed by atoms with Crippen LogP contribution in [0, 0.1) is 0 Å². The average Bonchev–Trinajstić information content (AvgIpc) is 2.17. The van der Waals surface area contributed by atoms with Crippen LogP contribution < -0.4 is 16.9 Å². The van der Waals surface area contributed by atoms with E-state index in [1.54, 1.807) is 23.7 Å². The minimum Gasteiger partial charge on any atom is -0.399 e. The standard InChI is InChI=1S/C8H11N5O.2ClH/c9-7-3-1-2-6(4-7)5-11-12-8(10)13-14;;/h1-5,14H,9H2,(H3,10,12,13);2*1H. The molecule has 0 unspecified atom stereocenters. The van der Waals surface area contributed by atoms with Gasteiger partial charge in [0, 0.05) is 5.69 Å². The molecule has 1 rings (SSSR count). The molecule has 90 valence electrons. The molecule has 0 fully saturated rings. The number of hydroxylamine groups is 1. The molecule has 0 amide bonds. The first-order valence-electron chi connectivity index (χ1n) is 3.84. The molecule has 0 aliphatic heterocycles. The predicted octanol–water partition coefficient (Wildman–Crippen LogP) is 0.740. The molecule has 1 aromatic rings. The summed E-state index contributed by atoms with van der Waals surface area (Å²) in [4.78, 5) is 0. The summed E-state index contributed by atoms with van der Waals surface area (Å²) in [7, 11) is 0. The van der Waals surface area contributed by atoms with Crippen LogP contribution in [0.1, 0.15) is 5.56 Å². The van der Waals surface area contributed by atoms with Crippen LogP contribution in [-0.2, 0) is 0 Å². The summed E-state index contributed by atoms with van der Waals surface area (Å²) < 4.78 is 0. The quantitative estimate of drug-likeness (QED) is 0.274. The third-order valence-electron chi connectivity index (χ3n) is 1.40. The maximum absolute atomic E-state index is 8.28. The highest BCUT2D eigenvalue weighted by Gasteiger charge is 1.88. The lowest BCUT2D eigenvalue weighted by molar-refractivity contribution is 0.232. The Labute approximate surface area is 105 Å². The second-order valence-electron chi connectivity index (χ2n) is 2.51. The van der Waals surface area contributed by atoms with E-state index < -0.39 is 0 Å². The highest BCUT2D eigenvalue weighted by atomic mass is 35.5. The van der Waals surface area contributed by atoms with E-state index in [0.717, 1.165) is 5.56 Å². The monoisotopic (exact) mass is 265 g/mol. The molecule has 0 saturated heterocycles. The van der Waals surface area contributed by atoms with E-state index in [2.05, 4.69) is 10.2 Å². The summed E-state index contributed by atoms with van der Waals surface area (Å²) in [6, 6.07) is 7.12. The van der Waals surface area contributed by atoms with Crippen molar-refractivity contribution in [2.75, 3.05) is 5.73 Å². The number of halogens is 2. The largest absolute Gasteiger partial charge is 0.399 e. The van der Waals surface area contributed by atoms with Gasteiger partial charge in [0.25, 0.3) is 0 Å². The average molecular weight is 266 g/mol.